The molecule has 31 heavy (non-hydrogen) atoms. The summed E-state index contributed by atoms with van der Waals surface area (Å²) in [5.41, 5.74) is 9.41. The number of benzene rings is 1. The lowest BCUT2D eigenvalue weighted by atomic mass is 10.1. The highest BCUT2D eigenvalue weighted by atomic mass is 35.5. The predicted molar refractivity (Wildman–Crippen MR) is 121 cm³/mol. The Morgan fingerprint density at radius 1 is 1.16 bits per heavy atom. The van der Waals surface area contributed by atoms with Gasteiger partial charge >= 0.3 is 0 Å². The molecule has 0 fully saturated rings. The van der Waals surface area contributed by atoms with E-state index in [2.05, 4.69) is 20.3 Å². The van der Waals surface area contributed by atoms with Crippen molar-refractivity contribution in [1.82, 2.24) is 30.0 Å². The molecule has 4 rings (SSSR count). The van der Waals surface area contributed by atoms with Crippen LogP contribution in [-0.2, 0) is 5.54 Å². The third kappa shape index (κ3) is 4.06. The first-order chi connectivity index (χ1) is 14.8. The van der Waals surface area contributed by atoms with Crippen LogP contribution >= 0.6 is 11.6 Å². The fourth-order valence-corrected chi connectivity index (χ4v) is 3.50. The molecule has 3 N–H and O–H groups in total. The number of halogens is 1. The molecule has 0 aliphatic carbocycles. The summed E-state index contributed by atoms with van der Waals surface area (Å²) in [6.07, 6.45) is 2.92. The topological polar surface area (TPSA) is 112 Å². The molecule has 0 saturated heterocycles. The van der Waals surface area contributed by atoms with Gasteiger partial charge in [0.2, 0.25) is 0 Å². The Balaban J connectivity index is 1.70. The molecular weight excluding hydrogens is 414 g/mol. The number of hydrogen-bond donors (Lipinski definition) is 2. The van der Waals surface area contributed by atoms with Crippen molar-refractivity contribution in [1.29, 1.82) is 0 Å². The normalized spacial score (nSPS) is 11.6. The van der Waals surface area contributed by atoms with Crippen molar-refractivity contribution in [2.75, 3.05) is 12.3 Å². The van der Waals surface area contributed by atoms with Gasteiger partial charge in [-0.15, -0.1) is 0 Å². The number of aromatic nitrogens is 5. The van der Waals surface area contributed by atoms with Crippen LogP contribution in [0.4, 0.5) is 5.82 Å². The Morgan fingerprint density at radius 3 is 2.61 bits per heavy atom. The van der Waals surface area contributed by atoms with Crippen molar-refractivity contribution >= 4 is 34.4 Å². The van der Waals surface area contributed by atoms with Crippen LogP contribution in [-0.4, -0.2) is 37.2 Å². The molecule has 9 heteroatoms. The van der Waals surface area contributed by atoms with Crippen LogP contribution in [0.1, 0.15) is 29.8 Å². The molecule has 3 heterocycles. The van der Waals surface area contributed by atoms with Crippen molar-refractivity contribution in [2.24, 2.45) is 0 Å². The fraction of sp³-hybridized carbons (Fsp3) is 0.227. The van der Waals surface area contributed by atoms with Crippen LogP contribution in [0.2, 0.25) is 5.15 Å². The number of pyridine rings is 1. The zero-order chi connectivity index (χ0) is 22.2. The molecule has 4 aromatic rings. The lowest BCUT2D eigenvalue weighted by Gasteiger charge is -2.26. The van der Waals surface area contributed by atoms with Crippen molar-refractivity contribution < 1.29 is 4.79 Å². The van der Waals surface area contributed by atoms with Gasteiger partial charge in [-0.05, 0) is 32.9 Å². The Morgan fingerprint density at radius 2 is 1.90 bits per heavy atom. The monoisotopic (exact) mass is 435 g/mol. The number of nitrogen functional groups attached to an aromatic ring is 1. The Bertz CT molecular complexity index is 1260. The lowest BCUT2D eigenvalue weighted by molar-refractivity contribution is 0.0936. The third-order valence-electron chi connectivity index (χ3n) is 5.06. The predicted octanol–water partition coefficient (Wildman–Crippen LogP) is 3.60. The summed E-state index contributed by atoms with van der Waals surface area (Å²) in [7, 11) is 0. The molecule has 3 aromatic heterocycles. The second kappa shape index (κ2) is 7.96. The number of fused-ring (bicyclic) bond motifs is 1. The van der Waals surface area contributed by atoms with Crippen LogP contribution in [0, 0.1) is 6.92 Å². The third-order valence-corrected chi connectivity index (χ3v) is 5.27. The first-order valence-electron chi connectivity index (χ1n) is 9.73. The van der Waals surface area contributed by atoms with Crippen molar-refractivity contribution in [3.05, 3.63) is 65.2 Å². The average Bonchev–Trinajstić information content (AvgIpc) is 3.15. The van der Waals surface area contributed by atoms with E-state index in [1.54, 1.807) is 10.7 Å². The number of aryl methyl sites for hydroxylation is 1. The number of nitrogens with zero attached hydrogens (tertiary/aromatic N) is 5. The summed E-state index contributed by atoms with van der Waals surface area (Å²) < 4.78 is 1.79. The molecule has 1 amide bonds. The van der Waals surface area contributed by atoms with Crippen molar-refractivity contribution in [3.63, 3.8) is 0 Å². The molecule has 0 atom stereocenters. The van der Waals surface area contributed by atoms with Gasteiger partial charge in [0, 0.05) is 23.9 Å². The quantitative estimate of drug-likeness (QED) is 0.463. The molecule has 0 unspecified atom stereocenters. The Kier molecular flexibility index (Phi) is 5.32. The van der Waals surface area contributed by atoms with Crippen molar-refractivity contribution in [2.45, 2.75) is 26.3 Å². The van der Waals surface area contributed by atoms with E-state index < -0.39 is 5.54 Å². The highest BCUT2D eigenvalue weighted by molar-refractivity contribution is 6.29. The van der Waals surface area contributed by atoms with Gasteiger partial charge in [0.15, 0.2) is 5.65 Å². The first kappa shape index (κ1) is 20.7. The van der Waals surface area contributed by atoms with Crippen LogP contribution in [0.25, 0.3) is 22.3 Å². The molecular formula is C22H22ClN7O. The van der Waals surface area contributed by atoms with Crippen LogP contribution < -0.4 is 11.1 Å². The molecule has 0 radical (unpaired) electrons. The maximum Gasteiger partial charge on any atom is 0.251 e. The fourth-order valence-electron chi connectivity index (χ4n) is 3.33. The number of hydrogen-bond acceptors (Lipinski definition) is 6. The smallest absolute Gasteiger partial charge is 0.251 e. The van der Waals surface area contributed by atoms with Crippen LogP contribution in [0.3, 0.4) is 0 Å². The second-order valence-corrected chi connectivity index (χ2v) is 8.33. The molecule has 1 aromatic carbocycles. The van der Waals surface area contributed by atoms with Gasteiger partial charge in [0.1, 0.15) is 23.0 Å². The van der Waals surface area contributed by atoms with E-state index in [1.807, 2.05) is 45.0 Å². The number of carbonyl (C=O) groups excluding carboxylic acids is 1. The van der Waals surface area contributed by atoms with Gasteiger partial charge in [0.25, 0.3) is 5.91 Å². The van der Waals surface area contributed by atoms with Gasteiger partial charge in [0.05, 0.1) is 10.9 Å². The van der Waals surface area contributed by atoms with Crippen LogP contribution in [0.5, 0.6) is 0 Å². The molecule has 0 aliphatic heterocycles. The number of nitrogens with two attached hydrogens (primary N) is 1. The summed E-state index contributed by atoms with van der Waals surface area (Å²) in [5.74, 6) is 0.111. The average molecular weight is 436 g/mol. The van der Waals surface area contributed by atoms with E-state index >= 15 is 0 Å². The molecule has 0 saturated carbocycles. The summed E-state index contributed by atoms with van der Waals surface area (Å²) in [6, 6.07) is 11.2. The summed E-state index contributed by atoms with van der Waals surface area (Å²) in [4.78, 5) is 25.1. The number of anilines is 1. The number of carbonyl (C=O) groups is 1. The maximum atomic E-state index is 12.6. The second-order valence-electron chi connectivity index (χ2n) is 7.95. The van der Waals surface area contributed by atoms with E-state index in [1.165, 1.54) is 18.6 Å². The van der Waals surface area contributed by atoms with Gasteiger partial charge in [-0.1, -0.05) is 41.4 Å². The minimum Gasteiger partial charge on any atom is -0.383 e. The summed E-state index contributed by atoms with van der Waals surface area (Å²) in [6.45, 7) is 6.27. The number of amides is 1. The van der Waals surface area contributed by atoms with E-state index in [4.69, 9.17) is 22.4 Å². The van der Waals surface area contributed by atoms with Gasteiger partial charge in [-0.3, -0.25) is 4.79 Å². The molecule has 8 nitrogen and oxygen atoms in total. The zero-order valence-corrected chi connectivity index (χ0v) is 18.2. The van der Waals surface area contributed by atoms with Gasteiger partial charge in [-0.2, -0.15) is 5.10 Å². The number of nitrogens with one attached hydrogen (secondary N) is 1. The number of rotatable bonds is 5. The van der Waals surface area contributed by atoms with E-state index in [0.29, 0.717) is 34.7 Å². The van der Waals surface area contributed by atoms with E-state index in [0.717, 1.165) is 11.1 Å². The highest BCUT2D eigenvalue weighted by Gasteiger charge is 2.28. The van der Waals surface area contributed by atoms with E-state index in [-0.39, 0.29) is 11.1 Å². The van der Waals surface area contributed by atoms with Gasteiger partial charge in [-0.25, -0.2) is 19.6 Å². The Hall–Kier alpha value is -3.52. The summed E-state index contributed by atoms with van der Waals surface area (Å²) in [5, 5.41) is 8.73. The van der Waals surface area contributed by atoms with Crippen molar-refractivity contribution in [3.8, 4) is 11.3 Å². The minimum absolute atomic E-state index is 0.248. The first-order valence-corrected chi connectivity index (χ1v) is 10.1. The maximum absolute atomic E-state index is 12.6. The van der Waals surface area contributed by atoms with Gasteiger partial charge < -0.3 is 11.1 Å². The Labute approximate surface area is 184 Å². The standard InChI is InChI=1S/C22H22ClN7O/c1-13-4-6-14(7-5-13)18-17-19(24)27-12-28-20(17)30(29-18)22(2,3)11-26-21(31)15-8-9-25-16(23)10-15/h4-10,12H,11H2,1-3H3,(H,26,31)(H2,24,27,28). The molecule has 0 bridgehead atoms. The summed E-state index contributed by atoms with van der Waals surface area (Å²) >= 11 is 5.89. The highest BCUT2D eigenvalue weighted by Crippen LogP contribution is 2.33. The zero-order valence-electron chi connectivity index (χ0n) is 17.4. The lowest BCUT2D eigenvalue weighted by Crippen LogP contribution is -2.41. The molecule has 158 valence electrons. The minimum atomic E-state index is -0.603. The SMILES string of the molecule is Cc1ccc(-c2nn(C(C)(C)CNC(=O)c3ccnc(Cl)c3)c3ncnc(N)c23)cc1. The van der Waals surface area contributed by atoms with Crippen LogP contribution in [0.15, 0.2) is 48.9 Å². The van der Waals surface area contributed by atoms with E-state index in [9.17, 15) is 4.79 Å². The largest absolute Gasteiger partial charge is 0.383 e. The molecule has 0 spiro atoms. The molecule has 0 aliphatic rings.